The lowest BCUT2D eigenvalue weighted by Crippen LogP contribution is -2.28. The number of amides is 1. The van der Waals surface area contributed by atoms with Gasteiger partial charge in [0.25, 0.3) is 15.9 Å². The molecule has 0 unspecified atom stereocenters. The van der Waals surface area contributed by atoms with Crippen molar-refractivity contribution in [1.82, 2.24) is 5.32 Å². The van der Waals surface area contributed by atoms with Crippen molar-refractivity contribution in [2.24, 2.45) is 0 Å². The number of methoxy groups -OCH3 is 1. The van der Waals surface area contributed by atoms with Crippen molar-refractivity contribution in [3.05, 3.63) is 112 Å². The molecule has 0 bridgehead atoms. The van der Waals surface area contributed by atoms with Crippen LogP contribution in [0.25, 0.3) is 0 Å². The third-order valence-electron chi connectivity index (χ3n) is 5.62. The third kappa shape index (κ3) is 6.39. The normalized spacial score (nSPS) is 11.9. The van der Waals surface area contributed by atoms with Crippen molar-refractivity contribution in [3.63, 3.8) is 0 Å². The first kappa shape index (κ1) is 27.3. The molecule has 0 spiro atoms. The quantitative estimate of drug-likeness (QED) is 0.224. The lowest BCUT2D eigenvalue weighted by Gasteiger charge is -2.19. The van der Waals surface area contributed by atoms with E-state index in [2.05, 4.69) is 10.0 Å². The molecule has 0 saturated heterocycles. The molecule has 0 aliphatic rings. The van der Waals surface area contributed by atoms with Gasteiger partial charge in [0.1, 0.15) is 17.2 Å². The minimum absolute atomic E-state index is 0.0206. The zero-order chi connectivity index (χ0) is 27.3. The summed E-state index contributed by atoms with van der Waals surface area (Å²) in [7, 11) is -2.50. The van der Waals surface area contributed by atoms with E-state index in [4.69, 9.17) is 32.7 Å². The lowest BCUT2D eigenvalue weighted by atomic mass is 10.1. The minimum Gasteiger partial charge on any atom is -0.496 e. The SMILES string of the molecule is COc1ccccc1[C@H](C)NC(=O)c1cc(Cl)ccc1NS(=O)(=O)c1ccc(Oc2ccccc2Cl)cc1. The van der Waals surface area contributed by atoms with Crippen molar-refractivity contribution < 1.29 is 22.7 Å². The summed E-state index contributed by atoms with van der Waals surface area (Å²) in [5, 5.41) is 3.59. The second kappa shape index (κ2) is 11.8. The summed E-state index contributed by atoms with van der Waals surface area (Å²) in [4.78, 5) is 13.2. The molecule has 0 aliphatic heterocycles. The molecule has 0 saturated carbocycles. The van der Waals surface area contributed by atoms with E-state index in [-0.39, 0.29) is 21.2 Å². The van der Waals surface area contributed by atoms with Gasteiger partial charge < -0.3 is 14.8 Å². The Bertz CT molecular complexity index is 1560. The Kier molecular flexibility index (Phi) is 8.46. The number of rotatable bonds is 9. The molecule has 0 aliphatic carbocycles. The maximum Gasteiger partial charge on any atom is 0.261 e. The van der Waals surface area contributed by atoms with E-state index in [1.807, 2.05) is 18.2 Å². The highest BCUT2D eigenvalue weighted by atomic mass is 35.5. The minimum atomic E-state index is -4.05. The van der Waals surface area contributed by atoms with Crippen LogP contribution in [0, 0.1) is 0 Å². The Morgan fingerprint density at radius 2 is 1.53 bits per heavy atom. The van der Waals surface area contributed by atoms with E-state index in [0.29, 0.717) is 22.3 Å². The van der Waals surface area contributed by atoms with Crippen LogP contribution < -0.4 is 19.5 Å². The number of carbonyl (C=O) groups excluding carboxylic acids is 1. The summed E-state index contributed by atoms with van der Waals surface area (Å²) < 4.78 is 39.9. The van der Waals surface area contributed by atoms with E-state index in [9.17, 15) is 13.2 Å². The van der Waals surface area contributed by atoms with Crippen molar-refractivity contribution in [1.29, 1.82) is 0 Å². The monoisotopic (exact) mass is 570 g/mol. The summed E-state index contributed by atoms with van der Waals surface area (Å²) in [6.45, 7) is 1.80. The smallest absolute Gasteiger partial charge is 0.261 e. The van der Waals surface area contributed by atoms with Gasteiger partial charge in [0.15, 0.2) is 0 Å². The standard InChI is InChI=1S/C28H24Cl2N2O5S/c1-18(22-7-3-5-9-26(22)36-2)31-28(33)23-17-19(29)11-16-25(23)32-38(34,35)21-14-12-20(13-15-21)37-27-10-6-4-8-24(27)30/h3-18,32H,1-2H3,(H,31,33)/t18-/m0/s1. The van der Waals surface area contributed by atoms with Gasteiger partial charge in [0.2, 0.25) is 0 Å². The van der Waals surface area contributed by atoms with Crippen LogP contribution in [0.3, 0.4) is 0 Å². The molecule has 0 aromatic heterocycles. The van der Waals surface area contributed by atoms with Gasteiger partial charge in [-0.3, -0.25) is 9.52 Å². The Morgan fingerprint density at radius 1 is 0.868 bits per heavy atom. The molecule has 2 N–H and O–H groups in total. The number of para-hydroxylation sites is 2. The number of carbonyl (C=O) groups is 1. The first-order valence-electron chi connectivity index (χ1n) is 11.5. The number of sulfonamides is 1. The van der Waals surface area contributed by atoms with Gasteiger partial charge in [-0.05, 0) is 67.6 Å². The van der Waals surface area contributed by atoms with Crippen molar-refractivity contribution in [3.8, 4) is 17.2 Å². The van der Waals surface area contributed by atoms with E-state index in [1.54, 1.807) is 44.4 Å². The maximum absolute atomic E-state index is 13.2. The molecule has 38 heavy (non-hydrogen) atoms. The molecule has 10 heteroatoms. The number of nitrogens with one attached hydrogen (secondary N) is 2. The first-order valence-corrected chi connectivity index (χ1v) is 13.7. The number of benzene rings is 4. The predicted molar refractivity (Wildman–Crippen MR) is 149 cm³/mol. The highest BCUT2D eigenvalue weighted by Gasteiger charge is 2.22. The second-order valence-corrected chi connectivity index (χ2v) is 10.8. The van der Waals surface area contributed by atoms with Crippen LogP contribution in [0.5, 0.6) is 17.2 Å². The third-order valence-corrected chi connectivity index (χ3v) is 7.55. The molecule has 4 aromatic carbocycles. The van der Waals surface area contributed by atoms with Gasteiger partial charge in [-0.1, -0.05) is 53.5 Å². The summed E-state index contributed by atoms with van der Waals surface area (Å²) >= 11 is 12.3. The molecule has 4 rings (SSSR count). The van der Waals surface area contributed by atoms with E-state index >= 15 is 0 Å². The fraction of sp³-hybridized carbons (Fsp3) is 0.107. The number of halogens is 2. The van der Waals surface area contributed by atoms with Gasteiger partial charge in [0.05, 0.1) is 34.3 Å². The summed E-state index contributed by atoms with van der Waals surface area (Å²) in [5.74, 6) is 0.970. The topological polar surface area (TPSA) is 93.7 Å². The molecule has 1 atom stereocenters. The van der Waals surface area contributed by atoms with Crippen LogP contribution in [0.1, 0.15) is 28.9 Å². The molecular formula is C28H24Cl2N2O5S. The fourth-order valence-corrected chi connectivity index (χ4v) is 5.14. The van der Waals surface area contributed by atoms with Gasteiger partial charge in [-0.25, -0.2) is 8.42 Å². The summed E-state index contributed by atoms with van der Waals surface area (Å²) in [6, 6.07) is 24.0. The maximum atomic E-state index is 13.2. The van der Waals surface area contributed by atoms with E-state index < -0.39 is 22.0 Å². The van der Waals surface area contributed by atoms with Crippen LogP contribution >= 0.6 is 23.2 Å². The van der Waals surface area contributed by atoms with Crippen molar-refractivity contribution in [2.45, 2.75) is 17.9 Å². The number of anilines is 1. The Balaban J connectivity index is 1.54. The average molecular weight is 571 g/mol. The number of hydrogen-bond acceptors (Lipinski definition) is 5. The molecule has 0 heterocycles. The van der Waals surface area contributed by atoms with Crippen LogP contribution in [0.2, 0.25) is 10.0 Å². The van der Waals surface area contributed by atoms with Crippen LogP contribution in [0.15, 0.2) is 95.9 Å². The predicted octanol–water partition coefficient (Wildman–Crippen LogP) is 7.09. The Labute approximate surface area is 231 Å². The number of hydrogen-bond donors (Lipinski definition) is 2. The molecule has 0 fully saturated rings. The zero-order valence-corrected chi connectivity index (χ0v) is 22.8. The average Bonchev–Trinajstić information content (AvgIpc) is 2.91. The molecule has 1 amide bonds. The zero-order valence-electron chi connectivity index (χ0n) is 20.4. The highest BCUT2D eigenvalue weighted by Crippen LogP contribution is 2.31. The first-order chi connectivity index (χ1) is 18.2. The number of ether oxygens (including phenoxy) is 2. The fourth-order valence-electron chi connectivity index (χ4n) is 3.71. The van der Waals surface area contributed by atoms with Gasteiger partial charge in [-0.15, -0.1) is 0 Å². The Hall–Kier alpha value is -3.72. The largest absolute Gasteiger partial charge is 0.496 e. The highest BCUT2D eigenvalue weighted by molar-refractivity contribution is 7.92. The molecule has 7 nitrogen and oxygen atoms in total. The van der Waals surface area contributed by atoms with E-state index in [0.717, 1.165) is 5.56 Å². The Morgan fingerprint density at radius 3 is 2.21 bits per heavy atom. The molecule has 196 valence electrons. The van der Waals surface area contributed by atoms with Crippen LogP contribution in [-0.4, -0.2) is 21.4 Å². The van der Waals surface area contributed by atoms with E-state index in [1.165, 1.54) is 42.5 Å². The van der Waals surface area contributed by atoms with Crippen LogP contribution in [0.4, 0.5) is 5.69 Å². The second-order valence-electron chi connectivity index (χ2n) is 8.24. The molecular weight excluding hydrogens is 547 g/mol. The van der Waals surface area contributed by atoms with Gasteiger partial charge in [0, 0.05) is 10.6 Å². The molecule has 0 radical (unpaired) electrons. The summed E-state index contributed by atoms with van der Waals surface area (Å²) in [6.07, 6.45) is 0. The molecule has 4 aromatic rings. The van der Waals surface area contributed by atoms with Crippen molar-refractivity contribution >= 4 is 44.8 Å². The van der Waals surface area contributed by atoms with Gasteiger partial charge >= 0.3 is 0 Å². The van der Waals surface area contributed by atoms with Gasteiger partial charge in [-0.2, -0.15) is 0 Å². The lowest BCUT2D eigenvalue weighted by molar-refractivity contribution is 0.0940. The summed E-state index contributed by atoms with van der Waals surface area (Å²) in [5.41, 5.74) is 0.920. The van der Waals surface area contributed by atoms with Crippen molar-refractivity contribution in [2.75, 3.05) is 11.8 Å². The van der Waals surface area contributed by atoms with Crippen LogP contribution in [-0.2, 0) is 10.0 Å².